The molecule has 0 N–H and O–H groups in total. The molecule has 18 heavy (non-hydrogen) atoms. The number of hydrogen-bond acceptors (Lipinski definition) is 3. The molecular formula is C14H17ClN2S. The van der Waals surface area contributed by atoms with Crippen LogP contribution in [0.15, 0.2) is 6.07 Å². The van der Waals surface area contributed by atoms with Gasteiger partial charge in [0.2, 0.25) is 0 Å². The fourth-order valence-corrected chi connectivity index (χ4v) is 3.92. The van der Waals surface area contributed by atoms with E-state index in [1.54, 1.807) is 11.3 Å². The summed E-state index contributed by atoms with van der Waals surface area (Å²) < 4.78 is 0. The number of nitrogens with zero attached hydrogens (tertiary/aromatic N) is 2. The maximum absolute atomic E-state index is 6.29. The minimum Gasteiger partial charge on any atom is -0.222 e. The van der Waals surface area contributed by atoms with E-state index >= 15 is 0 Å². The van der Waals surface area contributed by atoms with Crippen LogP contribution in [0.3, 0.4) is 0 Å². The zero-order valence-corrected chi connectivity index (χ0v) is 12.2. The molecule has 0 unspecified atom stereocenters. The number of rotatable bonds is 1. The van der Waals surface area contributed by atoms with Gasteiger partial charge in [-0.1, -0.05) is 37.3 Å². The van der Waals surface area contributed by atoms with Crippen molar-refractivity contribution in [1.29, 1.82) is 0 Å². The molecule has 1 fully saturated rings. The second kappa shape index (κ2) is 5.14. The van der Waals surface area contributed by atoms with Gasteiger partial charge in [-0.3, -0.25) is 0 Å². The van der Waals surface area contributed by atoms with E-state index in [2.05, 4.69) is 18.0 Å². The van der Waals surface area contributed by atoms with Crippen LogP contribution in [0.2, 0.25) is 5.15 Å². The molecule has 0 saturated heterocycles. The van der Waals surface area contributed by atoms with Gasteiger partial charge in [-0.15, -0.1) is 11.3 Å². The molecule has 2 aromatic rings. The lowest BCUT2D eigenvalue weighted by molar-refractivity contribution is 0.563. The first kappa shape index (κ1) is 12.4. The van der Waals surface area contributed by atoms with E-state index in [1.165, 1.54) is 43.4 Å². The summed E-state index contributed by atoms with van der Waals surface area (Å²) in [7, 11) is 0. The normalized spacial score (nSPS) is 18.1. The van der Waals surface area contributed by atoms with E-state index in [-0.39, 0.29) is 0 Å². The summed E-state index contributed by atoms with van der Waals surface area (Å²) in [4.78, 5) is 11.6. The lowest BCUT2D eigenvalue weighted by atomic mass is 9.99. The molecule has 0 amide bonds. The average Bonchev–Trinajstić information content (AvgIpc) is 2.58. The van der Waals surface area contributed by atoms with Gasteiger partial charge in [0.25, 0.3) is 0 Å². The van der Waals surface area contributed by atoms with Gasteiger partial charge >= 0.3 is 0 Å². The van der Waals surface area contributed by atoms with Crippen molar-refractivity contribution >= 4 is 33.2 Å². The summed E-state index contributed by atoms with van der Waals surface area (Å²) in [5.41, 5.74) is 0. The number of aryl methyl sites for hydroxylation is 1. The van der Waals surface area contributed by atoms with Crippen molar-refractivity contribution in [2.75, 3.05) is 0 Å². The van der Waals surface area contributed by atoms with Crippen molar-refractivity contribution in [3.63, 3.8) is 0 Å². The van der Waals surface area contributed by atoms with Crippen LogP contribution in [-0.2, 0) is 0 Å². The van der Waals surface area contributed by atoms with Crippen LogP contribution >= 0.6 is 22.9 Å². The van der Waals surface area contributed by atoms with E-state index in [1.807, 2.05) is 0 Å². The summed E-state index contributed by atoms with van der Waals surface area (Å²) >= 11 is 8.01. The first-order chi connectivity index (χ1) is 8.74. The molecule has 2 aromatic heterocycles. The number of aromatic nitrogens is 2. The van der Waals surface area contributed by atoms with Crippen molar-refractivity contribution in [3.8, 4) is 0 Å². The Balaban J connectivity index is 2.00. The number of fused-ring (bicyclic) bond motifs is 1. The van der Waals surface area contributed by atoms with Gasteiger partial charge in [-0.2, -0.15) is 0 Å². The topological polar surface area (TPSA) is 25.8 Å². The highest BCUT2D eigenvalue weighted by Gasteiger charge is 2.19. The summed E-state index contributed by atoms with van der Waals surface area (Å²) in [5.74, 6) is 1.48. The molecule has 0 radical (unpaired) electrons. The minimum atomic E-state index is 0.511. The van der Waals surface area contributed by atoms with Gasteiger partial charge in [-0.25, -0.2) is 9.97 Å². The SMILES string of the molecule is Cc1cc2c(Cl)nc(C3CCCCCC3)nc2s1. The molecular weight excluding hydrogens is 264 g/mol. The predicted molar refractivity (Wildman–Crippen MR) is 77.6 cm³/mol. The monoisotopic (exact) mass is 280 g/mol. The molecule has 0 bridgehead atoms. The molecule has 0 atom stereocenters. The molecule has 1 aliphatic rings. The fraction of sp³-hybridized carbons (Fsp3) is 0.571. The summed E-state index contributed by atoms with van der Waals surface area (Å²) in [6.45, 7) is 2.09. The second-order valence-corrected chi connectivity index (χ2v) is 6.73. The van der Waals surface area contributed by atoms with Gasteiger partial charge in [0.1, 0.15) is 15.8 Å². The summed E-state index contributed by atoms with van der Waals surface area (Å²) in [5, 5.41) is 1.64. The molecule has 3 rings (SSSR count). The highest BCUT2D eigenvalue weighted by atomic mass is 35.5. The van der Waals surface area contributed by atoms with Crippen molar-refractivity contribution in [2.24, 2.45) is 0 Å². The van der Waals surface area contributed by atoms with Crippen molar-refractivity contribution < 1.29 is 0 Å². The quantitative estimate of drug-likeness (QED) is 0.537. The maximum atomic E-state index is 6.29. The Morgan fingerprint density at radius 2 is 1.89 bits per heavy atom. The van der Waals surface area contributed by atoms with Crippen molar-refractivity contribution in [3.05, 3.63) is 21.9 Å². The molecule has 2 nitrogen and oxygen atoms in total. The van der Waals surface area contributed by atoms with E-state index < -0.39 is 0 Å². The van der Waals surface area contributed by atoms with Crippen LogP contribution < -0.4 is 0 Å². The largest absolute Gasteiger partial charge is 0.222 e. The van der Waals surface area contributed by atoms with Gasteiger partial charge in [-0.05, 0) is 25.8 Å². The highest BCUT2D eigenvalue weighted by Crippen LogP contribution is 2.34. The first-order valence-corrected chi connectivity index (χ1v) is 7.87. The minimum absolute atomic E-state index is 0.511. The summed E-state index contributed by atoms with van der Waals surface area (Å²) in [6.07, 6.45) is 7.73. The lowest BCUT2D eigenvalue weighted by Crippen LogP contribution is -2.03. The standard InChI is InChI=1S/C14H17ClN2S/c1-9-8-11-12(15)16-13(17-14(11)18-9)10-6-4-2-3-5-7-10/h8,10H,2-7H2,1H3. The number of hydrogen-bond donors (Lipinski definition) is 0. The van der Waals surface area contributed by atoms with Gasteiger partial charge in [0.15, 0.2) is 0 Å². The Morgan fingerprint density at radius 1 is 1.17 bits per heavy atom. The second-order valence-electron chi connectivity index (χ2n) is 5.14. The molecule has 2 heterocycles. The zero-order chi connectivity index (χ0) is 12.5. The maximum Gasteiger partial charge on any atom is 0.141 e. The number of thiophene rings is 1. The Bertz CT molecular complexity index is 556. The fourth-order valence-electron chi connectivity index (χ4n) is 2.74. The Kier molecular flexibility index (Phi) is 3.53. The van der Waals surface area contributed by atoms with E-state index in [4.69, 9.17) is 16.6 Å². The Morgan fingerprint density at radius 3 is 2.61 bits per heavy atom. The Labute approximate surface area is 116 Å². The zero-order valence-electron chi connectivity index (χ0n) is 10.6. The van der Waals surface area contributed by atoms with E-state index in [9.17, 15) is 0 Å². The highest BCUT2D eigenvalue weighted by molar-refractivity contribution is 7.18. The van der Waals surface area contributed by atoms with Crippen LogP contribution in [0, 0.1) is 6.92 Å². The summed E-state index contributed by atoms with van der Waals surface area (Å²) in [6, 6.07) is 2.08. The van der Waals surface area contributed by atoms with E-state index in [0.717, 1.165) is 16.0 Å². The third-order valence-corrected chi connectivity index (χ3v) is 4.94. The third-order valence-electron chi connectivity index (χ3n) is 3.71. The molecule has 0 aliphatic heterocycles. The van der Waals surface area contributed by atoms with Crippen LogP contribution in [0.4, 0.5) is 0 Å². The average molecular weight is 281 g/mol. The van der Waals surface area contributed by atoms with Crippen LogP contribution in [0.25, 0.3) is 10.2 Å². The van der Waals surface area contributed by atoms with Crippen LogP contribution in [0.5, 0.6) is 0 Å². The lowest BCUT2D eigenvalue weighted by Gasteiger charge is -2.12. The molecule has 0 aromatic carbocycles. The van der Waals surface area contributed by atoms with Gasteiger partial charge in [0.05, 0.1) is 0 Å². The smallest absolute Gasteiger partial charge is 0.141 e. The van der Waals surface area contributed by atoms with Gasteiger partial charge < -0.3 is 0 Å². The van der Waals surface area contributed by atoms with Gasteiger partial charge in [0, 0.05) is 16.2 Å². The molecule has 1 aliphatic carbocycles. The molecule has 96 valence electrons. The van der Waals surface area contributed by atoms with Crippen LogP contribution in [0.1, 0.15) is 55.1 Å². The molecule has 1 saturated carbocycles. The first-order valence-electron chi connectivity index (χ1n) is 6.67. The van der Waals surface area contributed by atoms with Crippen molar-refractivity contribution in [2.45, 2.75) is 51.4 Å². The molecule has 4 heteroatoms. The predicted octanol–water partition coefficient (Wildman–Crippen LogP) is 5.09. The Hall–Kier alpha value is -0.670. The van der Waals surface area contributed by atoms with Crippen molar-refractivity contribution in [1.82, 2.24) is 9.97 Å². The van der Waals surface area contributed by atoms with Crippen LogP contribution in [-0.4, -0.2) is 9.97 Å². The number of halogens is 1. The third kappa shape index (κ3) is 2.39. The van der Waals surface area contributed by atoms with E-state index in [0.29, 0.717) is 11.1 Å². The molecule has 0 spiro atoms.